The Kier molecular flexibility index (Phi) is 6.59. The van der Waals surface area contributed by atoms with Gasteiger partial charge in [0.15, 0.2) is 0 Å². The van der Waals surface area contributed by atoms with Crippen molar-refractivity contribution in [1.29, 1.82) is 0 Å². The molecular weight excluding hydrogens is 519 g/mol. The van der Waals surface area contributed by atoms with Crippen molar-refractivity contribution in [2.24, 2.45) is 0 Å². The second kappa shape index (κ2) is 9.92. The molecule has 0 aliphatic heterocycles. The quantitative estimate of drug-likeness (QED) is 0.208. The normalized spacial score (nSPS) is 11.4. The first-order valence-corrected chi connectivity index (χ1v) is 15.3. The van der Waals surface area contributed by atoms with Crippen LogP contribution in [-0.2, 0) is 0 Å². The lowest BCUT2D eigenvalue weighted by Gasteiger charge is -2.25. The van der Waals surface area contributed by atoms with E-state index in [0.717, 1.165) is 16.6 Å². The van der Waals surface area contributed by atoms with E-state index < -0.39 is 0 Å². The summed E-state index contributed by atoms with van der Waals surface area (Å²) in [5.74, 6) is 0. The first-order chi connectivity index (χ1) is 18.3. The van der Waals surface area contributed by atoms with Gasteiger partial charge in [0.2, 0.25) is 6.71 Å². The fourth-order valence-corrected chi connectivity index (χ4v) is 8.48. The maximum absolute atomic E-state index is 4.83. The molecule has 188 valence electrons. The molecule has 6 rings (SSSR count). The van der Waals surface area contributed by atoms with Crippen LogP contribution in [0, 0.1) is 41.5 Å². The number of aryl methyl sites for hydroxylation is 6. The lowest BCUT2D eigenvalue weighted by molar-refractivity contribution is 1.34. The van der Waals surface area contributed by atoms with Crippen LogP contribution in [0.2, 0.25) is 0 Å². The third kappa shape index (κ3) is 4.25. The van der Waals surface area contributed by atoms with Crippen molar-refractivity contribution in [3.8, 4) is 20.9 Å². The maximum atomic E-state index is 4.83. The van der Waals surface area contributed by atoms with Gasteiger partial charge in [0, 0.05) is 20.9 Å². The number of nitrogens with zero attached hydrogens (tertiary/aromatic N) is 2. The highest BCUT2D eigenvalue weighted by molar-refractivity contribution is 7.17. The van der Waals surface area contributed by atoms with Crippen LogP contribution in [0.15, 0.2) is 65.4 Å². The molecule has 0 atom stereocenters. The van der Waals surface area contributed by atoms with E-state index in [4.69, 9.17) is 8.75 Å². The van der Waals surface area contributed by atoms with Gasteiger partial charge >= 0.3 is 0 Å². The van der Waals surface area contributed by atoms with E-state index in [1.165, 1.54) is 76.8 Å². The summed E-state index contributed by atoms with van der Waals surface area (Å²) < 4.78 is 9.58. The second-order valence-corrected chi connectivity index (χ2v) is 12.8. The van der Waals surface area contributed by atoms with E-state index in [1.54, 1.807) is 11.3 Å². The van der Waals surface area contributed by atoms with Crippen molar-refractivity contribution in [1.82, 2.24) is 8.75 Å². The Labute approximate surface area is 237 Å². The summed E-state index contributed by atoms with van der Waals surface area (Å²) in [5.41, 5.74) is 16.5. The van der Waals surface area contributed by atoms with Crippen LogP contribution in [0.5, 0.6) is 0 Å². The van der Waals surface area contributed by atoms with Gasteiger partial charge in [-0.25, -0.2) is 0 Å². The zero-order chi connectivity index (χ0) is 26.6. The average molecular weight is 549 g/mol. The predicted octanol–water partition coefficient (Wildman–Crippen LogP) is 7.52. The zero-order valence-corrected chi connectivity index (χ0v) is 25.0. The first kappa shape index (κ1) is 25.2. The number of hydrogen-bond acceptors (Lipinski definition) is 5. The molecule has 0 saturated carbocycles. The van der Waals surface area contributed by atoms with E-state index in [2.05, 4.69) is 107 Å². The first-order valence-electron chi connectivity index (χ1n) is 12.9. The summed E-state index contributed by atoms with van der Waals surface area (Å²) in [7, 11) is 0. The van der Waals surface area contributed by atoms with Gasteiger partial charge in [0.1, 0.15) is 11.0 Å². The molecule has 0 fully saturated rings. The molecular formula is C32H29BN2S3. The number of rotatable bonds is 5. The number of aromatic nitrogens is 2. The van der Waals surface area contributed by atoms with Crippen molar-refractivity contribution in [3.05, 3.63) is 98.7 Å². The fraction of sp³-hybridized carbons (Fsp3) is 0.188. The summed E-state index contributed by atoms with van der Waals surface area (Å²) in [6.07, 6.45) is 0. The van der Waals surface area contributed by atoms with Crippen LogP contribution in [0.1, 0.15) is 33.4 Å². The molecule has 0 unspecified atom stereocenters. The maximum Gasteiger partial charge on any atom is 0.244 e. The molecule has 3 heterocycles. The minimum atomic E-state index is 0.135. The van der Waals surface area contributed by atoms with Crippen molar-refractivity contribution < 1.29 is 0 Å². The van der Waals surface area contributed by atoms with Crippen LogP contribution in [0.4, 0.5) is 0 Å². The molecule has 0 aliphatic rings. The van der Waals surface area contributed by atoms with Crippen LogP contribution >= 0.6 is 34.4 Å². The Morgan fingerprint density at radius 3 is 1.71 bits per heavy atom. The highest BCUT2D eigenvalue weighted by Crippen LogP contribution is 2.37. The molecule has 0 bridgehead atoms. The topological polar surface area (TPSA) is 25.8 Å². The van der Waals surface area contributed by atoms with Gasteiger partial charge in [0.25, 0.3) is 0 Å². The standard InChI is InChI=1S/C32H29BN2S3/c1-18-14-20(3)28(21(4)15-18)33(29-22(5)16-19(2)17-23(29)6)26-11-13-37-32(26)25-10-9-24(27-8-7-12-36-27)30-31(25)35-38-34-30/h7-17H,1-6H3. The van der Waals surface area contributed by atoms with E-state index >= 15 is 0 Å². The highest BCUT2D eigenvalue weighted by Gasteiger charge is 2.32. The lowest BCUT2D eigenvalue weighted by atomic mass is 9.34. The number of hydrogen-bond donors (Lipinski definition) is 0. The average Bonchev–Trinajstić information content (AvgIpc) is 3.63. The van der Waals surface area contributed by atoms with Crippen LogP contribution in [0.3, 0.4) is 0 Å². The molecule has 3 aromatic heterocycles. The molecule has 6 heteroatoms. The minimum absolute atomic E-state index is 0.135. The predicted molar refractivity (Wildman–Crippen MR) is 170 cm³/mol. The zero-order valence-electron chi connectivity index (χ0n) is 22.5. The van der Waals surface area contributed by atoms with Gasteiger partial charge in [-0.2, -0.15) is 8.75 Å². The van der Waals surface area contributed by atoms with Gasteiger partial charge in [-0.1, -0.05) is 98.3 Å². The minimum Gasteiger partial charge on any atom is -0.172 e. The molecule has 0 amide bonds. The molecule has 0 saturated heterocycles. The summed E-state index contributed by atoms with van der Waals surface area (Å²) in [6, 6.07) is 20.4. The van der Waals surface area contributed by atoms with E-state index in [-0.39, 0.29) is 6.71 Å². The van der Waals surface area contributed by atoms with Crippen LogP contribution < -0.4 is 16.4 Å². The molecule has 0 spiro atoms. The van der Waals surface area contributed by atoms with Crippen molar-refractivity contribution in [3.63, 3.8) is 0 Å². The van der Waals surface area contributed by atoms with Gasteiger partial charge in [-0.15, -0.1) is 22.7 Å². The lowest BCUT2D eigenvalue weighted by Crippen LogP contribution is -2.56. The Morgan fingerprint density at radius 1 is 0.605 bits per heavy atom. The Balaban J connectivity index is 1.62. The molecule has 6 aromatic rings. The van der Waals surface area contributed by atoms with E-state index in [0.29, 0.717) is 0 Å². The van der Waals surface area contributed by atoms with Crippen LogP contribution in [-0.4, -0.2) is 15.5 Å². The number of thiophene rings is 2. The molecule has 0 radical (unpaired) electrons. The summed E-state index contributed by atoms with van der Waals surface area (Å²) in [6.45, 7) is 13.6. The Bertz CT molecular complexity index is 1690. The molecule has 0 aliphatic carbocycles. The SMILES string of the molecule is Cc1cc(C)c(B(c2ccsc2-c2ccc(-c3cccs3)c3nsnc23)c2c(C)cc(C)cc2C)c(C)c1. The summed E-state index contributed by atoms with van der Waals surface area (Å²) in [5, 5.41) is 4.36. The molecule has 38 heavy (non-hydrogen) atoms. The highest BCUT2D eigenvalue weighted by atomic mass is 32.1. The van der Waals surface area contributed by atoms with Gasteiger partial charge in [-0.05, 0) is 58.4 Å². The van der Waals surface area contributed by atoms with Gasteiger partial charge in [0.05, 0.1) is 11.7 Å². The van der Waals surface area contributed by atoms with Crippen molar-refractivity contribution >= 4 is 68.5 Å². The summed E-state index contributed by atoms with van der Waals surface area (Å²) in [4.78, 5) is 2.51. The largest absolute Gasteiger partial charge is 0.244 e. The van der Waals surface area contributed by atoms with E-state index in [1.807, 2.05) is 11.3 Å². The second-order valence-electron chi connectivity index (χ2n) is 10.4. The molecule has 2 nitrogen and oxygen atoms in total. The van der Waals surface area contributed by atoms with Gasteiger partial charge < -0.3 is 0 Å². The van der Waals surface area contributed by atoms with Crippen molar-refractivity contribution in [2.75, 3.05) is 0 Å². The Morgan fingerprint density at radius 2 is 1.16 bits per heavy atom. The molecule has 0 N–H and O–H groups in total. The van der Waals surface area contributed by atoms with Gasteiger partial charge in [-0.3, -0.25) is 0 Å². The molecule has 3 aromatic carbocycles. The van der Waals surface area contributed by atoms with Crippen LogP contribution in [0.25, 0.3) is 31.9 Å². The summed E-state index contributed by atoms with van der Waals surface area (Å²) >= 11 is 4.86. The third-order valence-corrected chi connectivity index (χ3v) is 9.90. The fourth-order valence-electron chi connectivity index (χ4n) is 6.19. The number of fused-ring (bicyclic) bond motifs is 1. The van der Waals surface area contributed by atoms with E-state index in [9.17, 15) is 0 Å². The number of benzene rings is 3. The third-order valence-electron chi connectivity index (χ3n) is 7.51. The monoisotopic (exact) mass is 548 g/mol. The van der Waals surface area contributed by atoms with Crippen molar-refractivity contribution in [2.45, 2.75) is 41.5 Å². The Hall–Kier alpha value is -3.06. The smallest absolute Gasteiger partial charge is 0.172 e.